The lowest BCUT2D eigenvalue weighted by Crippen LogP contribution is -2.47. The number of fused-ring (bicyclic) bond motifs is 1. The fourth-order valence-electron chi connectivity index (χ4n) is 3.89. The minimum atomic E-state index is -1.21. The standard InChI is InChI=1S/C29H24ClN3O5/c1-31-27(35)25(15-19-6-11-21(34)12-7-19)33-28(36)26-16-23(29(37)38)22-14-18(8-13-24(22)32-26)3-2-17-4-9-20(30)10-5-17/h2-14,16,25,34H,15H2,1H3,(H,31,35)(H,33,36)(H,37,38)/b3-2+/t25-/m0/s1. The fraction of sp³-hybridized carbons (Fsp3) is 0.103. The van der Waals surface area contributed by atoms with Crippen LogP contribution in [0.2, 0.25) is 5.02 Å². The van der Waals surface area contributed by atoms with E-state index in [1.54, 1.807) is 42.5 Å². The summed E-state index contributed by atoms with van der Waals surface area (Å²) >= 11 is 5.93. The predicted molar refractivity (Wildman–Crippen MR) is 146 cm³/mol. The van der Waals surface area contributed by atoms with Crippen LogP contribution in [0, 0.1) is 0 Å². The van der Waals surface area contributed by atoms with Crippen molar-refractivity contribution in [3.05, 3.63) is 106 Å². The molecule has 192 valence electrons. The van der Waals surface area contributed by atoms with Crippen LogP contribution in [0.15, 0.2) is 72.8 Å². The van der Waals surface area contributed by atoms with Crippen LogP contribution in [0.4, 0.5) is 0 Å². The number of halogens is 1. The summed E-state index contributed by atoms with van der Waals surface area (Å²) in [5, 5.41) is 25.5. The van der Waals surface area contributed by atoms with Gasteiger partial charge in [-0.15, -0.1) is 0 Å². The number of nitrogens with zero attached hydrogens (tertiary/aromatic N) is 1. The maximum absolute atomic E-state index is 13.1. The predicted octanol–water partition coefficient (Wildman–Crippen LogP) is 4.55. The Bertz CT molecular complexity index is 1530. The van der Waals surface area contributed by atoms with E-state index in [9.17, 15) is 24.6 Å². The zero-order chi connectivity index (χ0) is 27.2. The van der Waals surface area contributed by atoms with Crippen LogP contribution in [-0.2, 0) is 11.2 Å². The van der Waals surface area contributed by atoms with Crippen molar-refractivity contribution < 1.29 is 24.6 Å². The first-order chi connectivity index (χ1) is 18.2. The largest absolute Gasteiger partial charge is 0.508 e. The van der Waals surface area contributed by atoms with E-state index in [0.717, 1.165) is 11.1 Å². The van der Waals surface area contributed by atoms with Gasteiger partial charge in [0.05, 0.1) is 11.1 Å². The van der Waals surface area contributed by atoms with E-state index in [1.165, 1.54) is 25.2 Å². The van der Waals surface area contributed by atoms with Gasteiger partial charge in [-0.3, -0.25) is 9.59 Å². The lowest BCUT2D eigenvalue weighted by molar-refractivity contribution is -0.122. The summed E-state index contributed by atoms with van der Waals surface area (Å²) in [4.78, 5) is 42.0. The molecule has 0 fully saturated rings. The van der Waals surface area contributed by atoms with Crippen molar-refractivity contribution in [2.45, 2.75) is 12.5 Å². The Morgan fingerprint density at radius 1 is 0.947 bits per heavy atom. The number of nitrogens with one attached hydrogen (secondary N) is 2. The quantitative estimate of drug-likeness (QED) is 0.248. The van der Waals surface area contributed by atoms with Crippen LogP contribution < -0.4 is 10.6 Å². The van der Waals surface area contributed by atoms with Crippen LogP contribution in [0.25, 0.3) is 23.1 Å². The topological polar surface area (TPSA) is 129 Å². The number of phenolic OH excluding ortho intramolecular Hbond substituents is 1. The second-order valence-electron chi connectivity index (χ2n) is 8.53. The second kappa shape index (κ2) is 11.6. The molecule has 38 heavy (non-hydrogen) atoms. The number of hydrogen-bond acceptors (Lipinski definition) is 5. The van der Waals surface area contributed by atoms with E-state index in [-0.39, 0.29) is 23.4 Å². The number of amides is 2. The summed E-state index contributed by atoms with van der Waals surface area (Å²) in [6, 6.07) is 18.9. The van der Waals surface area contributed by atoms with Gasteiger partial charge in [-0.1, -0.05) is 54.1 Å². The van der Waals surface area contributed by atoms with E-state index in [2.05, 4.69) is 15.6 Å². The van der Waals surface area contributed by atoms with Crippen LogP contribution in [0.5, 0.6) is 5.75 Å². The SMILES string of the molecule is CNC(=O)[C@H](Cc1ccc(O)cc1)NC(=O)c1cc(C(=O)O)c2cc(/C=C/c3ccc(Cl)cc3)ccc2n1. The van der Waals surface area contributed by atoms with Gasteiger partial charge in [-0.05, 0) is 59.2 Å². The molecule has 3 aromatic carbocycles. The van der Waals surface area contributed by atoms with Gasteiger partial charge in [-0.2, -0.15) is 0 Å². The molecule has 0 aliphatic carbocycles. The lowest BCUT2D eigenvalue weighted by atomic mass is 10.0. The summed E-state index contributed by atoms with van der Waals surface area (Å²) in [5.41, 5.74) is 2.51. The summed E-state index contributed by atoms with van der Waals surface area (Å²) in [6.45, 7) is 0. The maximum Gasteiger partial charge on any atom is 0.336 e. The zero-order valence-corrected chi connectivity index (χ0v) is 21.1. The second-order valence-corrected chi connectivity index (χ2v) is 8.97. The Morgan fingerprint density at radius 3 is 2.26 bits per heavy atom. The van der Waals surface area contributed by atoms with Gasteiger partial charge >= 0.3 is 5.97 Å². The maximum atomic E-state index is 13.1. The molecule has 0 spiro atoms. The number of likely N-dealkylation sites (N-methyl/N-ethyl adjacent to an activating group) is 1. The fourth-order valence-corrected chi connectivity index (χ4v) is 4.02. The molecule has 9 heteroatoms. The molecule has 1 atom stereocenters. The van der Waals surface area contributed by atoms with Crippen molar-refractivity contribution in [1.82, 2.24) is 15.6 Å². The highest BCUT2D eigenvalue weighted by atomic mass is 35.5. The van der Waals surface area contributed by atoms with Crippen molar-refractivity contribution in [1.29, 1.82) is 0 Å². The number of pyridine rings is 1. The first-order valence-electron chi connectivity index (χ1n) is 11.7. The number of aromatic nitrogens is 1. The minimum Gasteiger partial charge on any atom is -0.508 e. The monoisotopic (exact) mass is 529 g/mol. The van der Waals surface area contributed by atoms with Gasteiger partial charge < -0.3 is 20.8 Å². The highest BCUT2D eigenvalue weighted by Crippen LogP contribution is 2.22. The summed E-state index contributed by atoms with van der Waals surface area (Å²) in [7, 11) is 1.45. The van der Waals surface area contributed by atoms with Crippen molar-refractivity contribution in [2.75, 3.05) is 7.05 Å². The average Bonchev–Trinajstić information content (AvgIpc) is 2.92. The number of carboxylic acid groups (broad SMARTS) is 1. The molecule has 1 heterocycles. The Hall–Kier alpha value is -4.69. The molecule has 0 unspecified atom stereocenters. The third-order valence-corrected chi connectivity index (χ3v) is 6.13. The van der Waals surface area contributed by atoms with Gasteiger partial charge in [0.25, 0.3) is 5.91 Å². The van der Waals surface area contributed by atoms with Crippen LogP contribution in [-0.4, -0.2) is 46.1 Å². The van der Waals surface area contributed by atoms with Gasteiger partial charge in [0.15, 0.2) is 0 Å². The van der Waals surface area contributed by atoms with Crippen LogP contribution in [0.3, 0.4) is 0 Å². The first-order valence-corrected chi connectivity index (χ1v) is 12.0. The van der Waals surface area contributed by atoms with Crippen molar-refractivity contribution >= 4 is 52.4 Å². The van der Waals surface area contributed by atoms with Crippen molar-refractivity contribution in [2.24, 2.45) is 0 Å². The molecule has 0 aliphatic rings. The molecule has 0 bridgehead atoms. The number of rotatable bonds is 8. The molecule has 0 radical (unpaired) electrons. The van der Waals surface area contributed by atoms with Gasteiger partial charge in [0.2, 0.25) is 5.91 Å². The molecule has 0 aliphatic heterocycles. The number of carbonyl (C=O) groups is 3. The molecule has 0 saturated carbocycles. The number of benzene rings is 3. The molecule has 8 nitrogen and oxygen atoms in total. The minimum absolute atomic E-state index is 0.0828. The van der Waals surface area contributed by atoms with Crippen LogP contribution >= 0.6 is 11.6 Å². The van der Waals surface area contributed by atoms with E-state index >= 15 is 0 Å². The molecular formula is C29H24ClN3O5. The zero-order valence-electron chi connectivity index (χ0n) is 20.3. The average molecular weight is 530 g/mol. The molecule has 0 saturated heterocycles. The number of carbonyl (C=O) groups excluding carboxylic acids is 2. The first kappa shape index (κ1) is 26.4. The Labute approximate surface area is 223 Å². The molecule has 4 rings (SSSR count). The highest BCUT2D eigenvalue weighted by molar-refractivity contribution is 6.30. The van der Waals surface area contributed by atoms with E-state index in [4.69, 9.17) is 11.6 Å². The highest BCUT2D eigenvalue weighted by Gasteiger charge is 2.23. The number of aromatic carboxylic acids is 1. The third kappa shape index (κ3) is 6.35. The Morgan fingerprint density at radius 2 is 1.61 bits per heavy atom. The summed E-state index contributed by atoms with van der Waals surface area (Å²) in [5.74, 6) is -2.24. The Kier molecular flexibility index (Phi) is 8.03. The number of phenols is 1. The van der Waals surface area contributed by atoms with Crippen LogP contribution in [0.1, 0.15) is 37.5 Å². The van der Waals surface area contributed by atoms with Crippen molar-refractivity contribution in [3.63, 3.8) is 0 Å². The van der Waals surface area contributed by atoms with Gasteiger partial charge in [0.1, 0.15) is 17.5 Å². The number of aromatic hydroxyl groups is 1. The molecular weight excluding hydrogens is 506 g/mol. The molecule has 1 aromatic heterocycles. The number of hydrogen-bond donors (Lipinski definition) is 4. The Balaban J connectivity index is 1.62. The van der Waals surface area contributed by atoms with E-state index in [0.29, 0.717) is 21.5 Å². The van der Waals surface area contributed by atoms with Gasteiger partial charge in [0, 0.05) is 23.9 Å². The summed E-state index contributed by atoms with van der Waals surface area (Å²) in [6.07, 6.45) is 3.88. The van der Waals surface area contributed by atoms with E-state index in [1.807, 2.05) is 24.3 Å². The normalized spacial score (nSPS) is 11.8. The smallest absolute Gasteiger partial charge is 0.336 e. The third-order valence-electron chi connectivity index (χ3n) is 5.88. The number of carboxylic acids is 1. The van der Waals surface area contributed by atoms with Gasteiger partial charge in [-0.25, -0.2) is 9.78 Å². The van der Waals surface area contributed by atoms with Crippen molar-refractivity contribution in [3.8, 4) is 5.75 Å². The molecule has 2 amide bonds. The van der Waals surface area contributed by atoms with E-state index < -0.39 is 23.8 Å². The molecule has 4 N–H and O–H groups in total. The summed E-state index contributed by atoms with van der Waals surface area (Å²) < 4.78 is 0. The molecule has 4 aromatic rings. The lowest BCUT2D eigenvalue weighted by Gasteiger charge is -2.18.